The first kappa shape index (κ1) is 19.0. The molecule has 25 heavy (non-hydrogen) atoms. The standard InChI is InChI=1S/C17H16BrN3O3S/c18-13-9-14(24-11-12-5-2-1-3-6-12)16(20-10-13)21-17(19)25-8-4-7-15(22)23/h1-6,8-10H,7,11H2,(H,22,23)(H2,19,20,21)/b8-4+. The number of carbonyl (C=O) groups is 1. The average Bonchev–Trinajstić information content (AvgIpc) is 2.59. The molecule has 0 unspecified atom stereocenters. The Morgan fingerprint density at radius 3 is 2.88 bits per heavy atom. The van der Waals surface area contributed by atoms with Gasteiger partial charge in [-0.1, -0.05) is 48.2 Å². The van der Waals surface area contributed by atoms with Gasteiger partial charge in [0.15, 0.2) is 16.7 Å². The van der Waals surface area contributed by atoms with E-state index in [1.807, 2.05) is 30.3 Å². The lowest BCUT2D eigenvalue weighted by molar-refractivity contribution is -0.135. The van der Waals surface area contributed by atoms with E-state index in [0.29, 0.717) is 18.2 Å². The minimum absolute atomic E-state index is 0.0672. The van der Waals surface area contributed by atoms with E-state index < -0.39 is 5.97 Å². The van der Waals surface area contributed by atoms with E-state index >= 15 is 0 Å². The predicted octanol–water partition coefficient (Wildman–Crippen LogP) is 4.09. The molecule has 0 saturated carbocycles. The average molecular weight is 422 g/mol. The predicted molar refractivity (Wildman–Crippen MR) is 103 cm³/mol. The van der Waals surface area contributed by atoms with E-state index in [9.17, 15) is 4.79 Å². The van der Waals surface area contributed by atoms with Gasteiger partial charge < -0.3 is 15.6 Å². The Morgan fingerprint density at radius 1 is 1.40 bits per heavy atom. The summed E-state index contributed by atoms with van der Waals surface area (Å²) in [5, 5.41) is 10.4. The molecule has 0 aliphatic rings. The Morgan fingerprint density at radius 2 is 2.16 bits per heavy atom. The fraction of sp³-hybridized carbons (Fsp3) is 0.118. The number of thioether (sulfide) groups is 1. The molecule has 0 amide bonds. The van der Waals surface area contributed by atoms with Crippen molar-refractivity contribution in [3.8, 4) is 5.75 Å². The molecule has 2 rings (SSSR count). The Labute approximate surface area is 158 Å². The van der Waals surface area contributed by atoms with E-state index in [4.69, 9.17) is 15.6 Å². The van der Waals surface area contributed by atoms with Gasteiger partial charge in [0.2, 0.25) is 0 Å². The van der Waals surface area contributed by atoms with Gasteiger partial charge in [0.1, 0.15) is 6.61 Å². The van der Waals surface area contributed by atoms with Crippen LogP contribution in [0.15, 0.2) is 63.5 Å². The van der Waals surface area contributed by atoms with Crippen molar-refractivity contribution in [2.24, 2.45) is 10.7 Å². The van der Waals surface area contributed by atoms with Crippen LogP contribution in [0.5, 0.6) is 5.75 Å². The molecule has 0 saturated heterocycles. The zero-order valence-corrected chi connectivity index (χ0v) is 15.5. The van der Waals surface area contributed by atoms with Crippen LogP contribution in [0.4, 0.5) is 5.82 Å². The largest absolute Gasteiger partial charge is 0.485 e. The van der Waals surface area contributed by atoms with Gasteiger partial charge >= 0.3 is 5.97 Å². The molecule has 0 fully saturated rings. The number of halogens is 1. The number of nitrogens with zero attached hydrogens (tertiary/aromatic N) is 2. The van der Waals surface area contributed by atoms with Crippen molar-refractivity contribution in [2.45, 2.75) is 13.0 Å². The zero-order chi connectivity index (χ0) is 18.1. The van der Waals surface area contributed by atoms with Gasteiger partial charge in [0, 0.05) is 10.7 Å². The third-order valence-corrected chi connectivity index (χ3v) is 3.93. The van der Waals surface area contributed by atoms with Crippen LogP contribution in [0.1, 0.15) is 12.0 Å². The molecule has 0 radical (unpaired) electrons. The second kappa shape index (κ2) is 9.85. The Hall–Kier alpha value is -2.32. The van der Waals surface area contributed by atoms with Gasteiger partial charge in [-0.25, -0.2) is 9.98 Å². The van der Waals surface area contributed by atoms with E-state index in [1.165, 1.54) is 6.08 Å². The quantitative estimate of drug-likeness (QED) is 0.515. The van der Waals surface area contributed by atoms with Crippen LogP contribution >= 0.6 is 27.7 Å². The smallest absolute Gasteiger partial charge is 0.307 e. The van der Waals surface area contributed by atoms with Crippen molar-refractivity contribution in [3.05, 3.63) is 64.1 Å². The Bertz CT molecular complexity index is 782. The number of benzene rings is 1. The monoisotopic (exact) mass is 421 g/mol. The summed E-state index contributed by atoms with van der Waals surface area (Å²) in [6.45, 7) is 0.382. The molecule has 1 heterocycles. The van der Waals surface area contributed by atoms with E-state index in [1.54, 1.807) is 17.7 Å². The molecule has 0 aliphatic carbocycles. The van der Waals surface area contributed by atoms with Crippen LogP contribution in [-0.4, -0.2) is 21.2 Å². The van der Waals surface area contributed by atoms with Gasteiger partial charge in [-0.3, -0.25) is 4.79 Å². The van der Waals surface area contributed by atoms with Crippen LogP contribution in [0.25, 0.3) is 0 Å². The van der Waals surface area contributed by atoms with Crippen molar-refractivity contribution in [1.29, 1.82) is 0 Å². The molecular formula is C17H16BrN3O3S. The molecule has 130 valence electrons. The maximum Gasteiger partial charge on any atom is 0.307 e. The molecule has 2 aromatic rings. The Balaban J connectivity index is 2.07. The number of nitrogens with two attached hydrogens (primary N) is 1. The normalized spacial score (nSPS) is 11.6. The number of carboxylic acid groups (broad SMARTS) is 1. The van der Waals surface area contributed by atoms with Gasteiger partial charge in [-0.15, -0.1) is 0 Å². The Kier molecular flexibility index (Phi) is 7.49. The number of aliphatic imine (C=N–C) groups is 1. The van der Waals surface area contributed by atoms with Crippen LogP contribution in [0.3, 0.4) is 0 Å². The summed E-state index contributed by atoms with van der Waals surface area (Å²) in [4.78, 5) is 18.9. The first-order valence-electron chi connectivity index (χ1n) is 7.24. The first-order chi connectivity index (χ1) is 12.0. The molecule has 0 spiro atoms. The summed E-state index contributed by atoms with van der Waals surface area (Å²) in [6, 6.07) is 11.5. The highest BCUT2D eigenvalue weighted by molar-refractivity contribution is 9.10. The SMILES string of the molecule is N/C(=N/c1ncc(Br)cc1OCc1ccccc1)S/C=C/CC(=O)O. The molecule has 8 heteroatoms. The lowest BCUT2D eigenvalue weighted by Gasteiger charge is -2.09. The van der Waals surface area contributed by atoms with Crippen molar-refractivity contribution < 1.29 is 14.6 Å². The molecule has 0 atom stereocenters. The van der Waals surface area contributed by atoms with Crippen molar-refractivity contribution in [3.63, 3.8) is 0 Å². The number of carboxylic acids is 1. The lowest BCUT2D eigenvalue weighted by Crippen LogP contribution is -2.05. The first-order valence-corrected chi connectivity index (χ1v) is 8.92. The molecule has 1 aromatic carbocycles. The number of ether oxygens (including phenoxy) is 1. The number of rotatable bonds is 7. The molecule has 1 aromatic heterocycles. The second-order valence-electron chi connectivity index (χ2n) is 4.79. The maximum atomic E-state index is 10.4. The maximum absolute atomic E-state index is 10.4. The summed E-state index contributed by atoms with van der Waals surface area (Å²) in [5.41, 5.74) is 6.87. The van der Waals surface area contributed by atoms with E-state index in [2.05, 4.69) is 25.9 Å². The lowest BCUT2D eigenvalue weighted by atomic mass is 10.2. The molecule has 0 aliphatic heterocycles. The summed E-state index contributed by atoms with van der Waals surface area (Å²) in [5.74, 6) is -0.0504. The number of hydrogen-bond acceptors (Lipinski definition) is 5. The van der Waals surface area contributed by atoms with Crippen molar-refractivity contribution in [1.82, 2.24) is 4.98 Å². The van der Waals surface area contributed by atoms with Crippen LogP contribution < -0.4 is 10.5 Å². The van der Waals surface area contributed by atoms with Crippen LogP contribution in [0, 0.1) is 0 Å². The molecule has 6 nitrogen and oxygen atoms in total. The minimum Gasteiger partial charge on any atom is -0.485 e. The fourth-order valence-corrected chi connectivity index (χ4v) is 2.52. The van der Waals surface area contributed by atoms with Crippen LogP contribution in [0.2, 0.25) is 0 Å². The number of aromatic nitrogens is 1. The van der Waals surface area contributed by atoms with Gasteiger partial charge in [0.25, 0.3) is 0 Å². The number of hydrogen-bond donors (Lipinski definition) is 2. The summed E-state index contributed by atoms with van der Waals surface area (Å²) in [6.07, 6.45) is 3.03. The number of aliphatic carboxylic acids is 1. The topological polar surface area (TPSA) is 97.8 Å². The van der Waals surface area contributed by atoms with Crippen molar-refractivity contribution >= 4 is 44.6 Å². The highest BCUT2D eigenvalue weighted by atomic mass is 79.9. The van der Waals surface area contributed by atoms with E-state index in [0.717, 1.165) is 21.8 Å². The summed E-state index contributed by atoms with van der Waals surface area (Å²) in [7, 11) is 0. The van der Waals surface area contributed by atoms with Gasteiger partial charge in [-0.2, -0.15) is 0 Å². The highest BCUT2D eigenvalue weighted by Crippen LogP contribution is 2.29. The summed E-state index contributed by atoms with van der Waals surface area (Å²) >= 11 is 4.48. The van der Waals surface area contributed by atoms with Crippen molar-refractivity contribution in [2.75, 3.05) is 0 Å². The molecule has 3 N–H and O–H groups in total. The third kappa shape index (κ3) is 6.98. The third-order valence-electron chi connectivity index (χ3n) is 2.83. The second-order valence-corrected chi connectivity index (χ2v) is 6.63. The molecule has 0 bridgehead atoms. The van der Waals surface area contributed by atoms with Gasteiger partial charge in [0.05, 0.1) is 6.42 Å². The van der Waals surface area contributed by atoms with E-state index in [-0.39, 0.29) is 11.6 Å². The number of amidine groups is 1. The fourth-order valence-electron chi connectivity index (χ4n) is 1.74. The van der Waals surface area contributed by atoms with Crippen LogP contribution in [-0.2, 0) is 11.4 Å². The highest BCUT2D eigenvalue weighted by Gasteiger charge is 2.07. The minimum atomic E-state index is -0.904. The zero-order valence-electron chi connectivity index (χ0n) is 13.1. The number of pyridine rings is 1. The summed E-state index contributed by atoms with van der Waals surface area (Å²) < 4.78 is 6.57. The van der Waals surface area contributed by atoms with Gasteiger partial charge in [-0.05, 0) is 33.0 Å². The molecular weight excluding hydrogens is 406 g/mol.